The summed E-state index contributed by atoms with van der Waals surface area (Å²) < 4.78 is 6.24. The molecule has 0 aliphatic carbocycles. The molecule has 3 rings (SSSR count). The maximum Gasteiger partial charge on any atom is 0.317 e. The zero-order valence-electron chi connectivity index (χ0n) is 18.0. The minimum absolute atomic E-state index is 0.0397. The maximum absolute atomic E-state index is 13.6. The van der Waals surface area contributed by atoms with E-state index in [1.807, 2.05) is 36.4 Å². The monoisotopic (exact) mass is 376 g/mol. The maximum atomic E-state index is 13.6. The van der Waals surface area contributed by atoms with Gasteiger partial charge < -0.3 is 4.74 Å². The number of hydrogen-bond donors (Lipinski definition) is 0. The number of carbonyl (C=O) groups excluding carboxylic acids is 1. The third-order valence-electron chi connectivity index (χ3n) is 5.98. The fourth-order valence-electron chi connectivity index (χ4n) is 4.29. The number of ether oxygens (including phenoxy) is 1. The third kappa shape index (κ3) is 3.92. The van der Waals surface area contributed by atoms with E-state index in [2.05, 4.69) is 59.7 Å². The number of fused-ring (bicyclic) bond motifs is 2. The SMILES string of the molecule is CCC(C)C(C)(CC(C)(C)C)C(=O)Oc1c2ccccc2cc2ccccc12. The fraction of sp³-hybridized carbons (Fsp3) is 0.423. The van der Waals surface area contributed by atoms with Gasteiger partial charge in [-0.25, -0.2) is 0 Å². The van der Waals surface area contributed by atoms with Gasteiger partial charge in [0, 0.05) is 10.8 Å². The zero-order chi connectivity index (χ0) is 20.5. The molecule has 3 aromatic rings. The second-order valence-corrected chi connectivity index (χ2v) is 9.50. The number of hydrogen-bond acceptors (Lipinski definition) is 2. The molecule has 0 saturated carbocycles. The molecule has 0 radical (unpaired) electrons. The largest absolute Gasteiger partial charge is 0.425 e. The van der Waals surface area contributed by atoms with E-state index in [0.717, 1.165) is 34.4 Å². The van der Waals surface area contributed by atoms with E-state index in [1.54, 1.807) is 0 Å². The summed E-state index contributed by atoms with van der Waals surface area (Å²) in [5.74, 6) is 0.792. The topological polar surface area (TPSA) is 26.3 Å². The lowest BCUT2D eigenvalue weighted by Crippen LogP contribution is -2.40. The molecule has 0 N–H and O–H groups in total. The van der Waals surface area contributed by atoms with Gasteiger partial charge in [-0.05, 0) is 41.5 Å². The van der Waals surface area contributed by atoms with E-state index < -0.39 is 5.41 Å². The average molecular weight is 377 g/mol. The standard InChI is InChI=1S/C26H32O2/c1-7-18(2)26(6,17-25(3,4)5)24(27)28-23-21-14-10-8-12-19(21)16-20-13-9-11-15-22(20)23/h8-16,18H,7,17H2,1-6H3. The predicted molar refractivity (Wildman–Crippen MR) is 119 cm³/mol. The smallest absolute Gasteiger partial charge is 0.317 e. The first-order valence-electron chi connectivity index (χ1n) is 10.3. The predicted octanol–water partition coefficient (Wildman–Crippen LogP) is 7.39. The van der Waals surface area contributed by atoms with Crippen LogP contribution in [-0.4, -0.2) is 5.97 Å². The van der Waals surface area contributed by atoms with Crippen molar-refractivity contribution in [2.75, 3.05) is 0 Å². The van der Waals surface area contributed by atoms with Crippen molar-refractivity contribution < 1.29 is 9.53 Å². The molecule has 0 aromatic heterocycles. The summed E-state index contributed by atoms with van der Waals surface area (Å²) >= 11 is 0. The van der Waals surface area contributed by atoms with Crippen molar-refractivity contribution in [3.05, 3.63) is 54.6 Å². The van der Waals surface area contributed by atoms with Crippen LogP contribution in [0.3, 0.4) is 0 Å². The van der Waals surface area contributed by atoms with Gasteiger partial charge in [-0.3, -0.25) is 4.79 Å². The van der Waals surface area contributed by atoms with Crippen LogP contribution >= 0.6 is 0 Å². The van der Waals surface area contributed by atoms with Crippen molar-refractivity contribution in [3.63, 3.8) is 0 Å². The van der Waals surface area contributed by atoms with Crippen molar-refractivity contribution in [2.24, 2.45) is 16.7 Å². The van der Waals surface area contributed by atoms with Gasteiger partial charge >= 0.3 is 5.97 Å². The molecule has 0 heterocycles. The van der Waals surface area contributed by atoms with Crippen LogP contribution in [0.2, 0.25) is 0 Å². The molecule has 0 bridgehead atoms. The molecule has 0 aliphatic heterocycles. The Bertz CT molecular complexity index is 942. The number of esters is 1. The number of benzene rings is 3. The second-order valence-electron chi connectivity index (χ2n) is 9.50. The molecule has 148 valence electrons. The molecule has 0 amide bonds. The normalized spacial score (nSPS) is 15.4. The van der Waals surface area contributed by atoms with E-state index in [-0.39, 0.29) is 17.3 Å². The van der Waals surface area contributed by atoms with Crippen LogP contribution in [0.25, 0.3) is 21.5 Å². The van der Waals surface area contributed by atoms with E-state index >= 15 is 0 Å². The molecular weight excluding hydrogens is 344 g/mol. The van der Waals surface area contributed by atoms with Crippen molar-refractivity contribution in [2.45, 2.75) is 54.4 Å². The van der Waals surface area contributed by atoms with Crippen LogP contribution in [0, 0.1) is 16.7 Å². The van der Waals surface area contributed by atoms with Crippen LogP contribution in [0.15, 0.2) is 54.6 Å². The van der Waals surface area contributed by atoms with Crippen molar-refractivity contribution in [1.82, 2.24) is 0 Å². The van der Waals surface area contributed by atoms with Gasteiger partial charge in [0.25, 0.3) is 0 Å². The highest BCUT2D eigenvalue weighted by Gasteiger charge is 2.43. The Hall–Kier alpha value is -2.35. The molecule has 0 saturated heterocycles. The molecule has 2 heteroatoms. The van der Waals surface area contributed by atoms with E-state index in [0.29, 0.717) is 5.75 Å². The Labute approximate surface area is 168 Å². The van der Waals surface area contributed by atoms with Gasteiger partial charge in [0.2, 0.25) is 0 Å². The van der Waals surface area contributed by atoms with Crippen LogP contribution in [0.5, 0.6) is 5.75 Å². The highest BCUT2D eigenvalue weighted by Crippen LogP contribution is 2.43. The van der Waals surface area contributed by atoms with E-state index in [9.17, 15) is 4.79 Å². The van der Waals surface area contributed by atoms with Gasteiger partial charge in [0.1, 0.15) is 5.75 Å². The molecule has 0 aliphatic rings. The lowest BCUT2D eigenvalue weighted by molar-refractivity contribution is -0.150. The summed E-state index contributed by atoms with van der Waals surface area (Å²) in [6.07, 6.45) is 1.73. The zero-order valence-corrected chi connectivity index (χ0v) is 18.0. The van der Waals surface area contributed by atoms with Crippen LogP contribution in [0.1, 0.15) is 54.4 Å². The third-order valence-corrected chi connectivity index (χ3v) is 5.98. The molecule has 0 fully saturated rings. The van der Waals surface area contributed by atoms with E-state index in [4.69, 9.17) is 4.74 Å². The Morgan fingerprint density at radius 2 is 1.43 bits per heavy atom. The molecule has 2 nitrogen and oxygen atoms in total. The summed E-state index contributed by atoms with van der Waals surface area (Å²) in [4.78, 5) is 13.6. The molecule has 2 unspecified atom stereocenters. The Kier molecular flexibility index (Phi) is 5.52. The van der Waals surface area contributed by atoms with Crippen molar-refractivity contribution >= 4 is 27.5 Å². The minimum atomic E-state index is -0.537. The lowest BCUT2D eigenvalue weighted by atomic mass is 9.67. The highest BCUT2D eigenvalue weighted by atomic mass is 16.5. The number of rotatable bonds is 5. The second kappa shape index (κ2) is 7.58. The minimum Gasteiger partial charge on any atom is -0.425 e. The molecular formula is C26H32O2. The van der Waals surface area contributed by atoms with Crippen molar-refractivity contribution in [3.8, 4) is 5.75 Å². The molecule has 2 atom stereocenters. The summed E-state index contributed by atoms with van der Waals surface area (Å²) in [6, 6.07) is 18.4. The Morgan fingerprint density at radius 3 is 1.89 bits per heavy atom. The van der Waals surface area contributed by atoms with Gasteiger partial charge in [-0.1, -0.05) is 89.6 Å². The fourth-order valence-corrected chi connectivity index (χ4v) is 4.29. The first kappa shape index (κ1) is 20.4. The van der Waals surface area contributed by atoms with Crippen LogP contribution < -0.4 is 4.74 Å². The van der Waals surface area contributed by atoms with Gasteiger partial charge in [0.05, 0.1) is 5.41 Å². The first-order chi connectivity index (χ1) is 13.2. The average Bonchev–Trinajstić information content (AvgIpc) is 2.65. The summed E-state index contributed by atoms with van der Waals surface area (Å²) in [5.41, 5.74) is -0.497. The van der Waals surface area contributed by atoms with Crippen molar-refractivity contribution in [1.29, 1.82) is 0 Å². The molecule has 3 aromatic carbocycles. The van der Waals surface area contributed by atoms with Gasteiger partial charge in [-0.15, -0.1) is 0 Å². The number of carbonyl (C=O) groups is 1. The van der Waals surface area contributed by atoms with E-state index in [1.165, 1.54) is 0 Å². The Balaban J connectivity index is 2.12. The van der Waals surface area contributed by atoms with Crippen LogP contribution in [0.4, 0.5) is 0 Å². The molecule has 0 spiro atoms. The summed E-state index contributed by atoms with van der Waals surface area (Å²) in [6.45, 7) is 12.9. The van der Waals surface area contributed by atoms with Crippen LogP contribution in [-0.2, 0) is 4.79 Å². The summed E-state index contributed by atoms with van der Waals surface area (Å²) in [5, 5.41) is 4.14. The summed E-state index contributed by atoms with van der Waals surface area (Å²) in [7, 11) is 0. The Morgan fingerprint density at radius 1 is 0.929 bits per heavy atom. The van der Waals surface area contributed by atoms with Gasteiger partial charge in [0.15, 0.2) is 0 Å². The lowest BCUT2D eigenvalue weighted by Gasteiger charge is -2.38. The first-order valence-corrected chi connectivity index (χ1v) is 10.3. The highest BCUT2D eigenvalue weighted by molar-refractivity contribution is 6.06. The van der Waals surface area contributed by atoms with Gasteiger partial charge in [-0.2, -0.15) is 0 Å². The molecule has 28 heavy (non-hydrogen) atoms. The quantitative estimate of drug-likeness (QED) is 0.264.